The molecule has 1 amide bonds. The molecule has 0 heterocycles. The summed E-state index contributed by atoms with van der Waals surface area (Å²) < 4.78 is 13.8. The predicted molar refractivity (Wildman–Crippen MR) is 84.4 cm³/mol. The third kappa shape index (κ3) is 3.60. The molecule has 3 nitrogen and oxygen atoms in total. The van der Waals surface area contributed by atoms with Crippen LogP contribution in [0.4, 0.5) is 15.8 Å². The molecule has 0 aliphatic heterocycles. The van der Waals surface area contributed by atoms with E-state index in [0.29, 0.717) is 12.1 Å². The van der Waals surface area contributed by atoms with Crippen LogP contribution in [-0.4, -0.2) is 12.5 Å². The van der Waals surface area contributed by atoms with Gasteiger partial charge in [-0.05, 0) is 56.2 Å². The fraction of sp³-hybridized carbons (Fsp3) is 0.235. The minimum Gasteiger partial charge on any atom is -0.385 e. The molecule has 2 N–H and O–H groups in total. The van der Waals surface area contributed by atoms with Crippen molar-refractivity contribution in [2.45, 2.75) is 20.8 Å². The van der Waals surface area contributed by atoms with E-state index in [1.807, 2.05) is 26.0 Å². The highest BCUT2D eigenvalue weighted by atomic mass is 19.1. The van der Waals surface area contributed by atoms with E-state index in [4.69, 9.17) is 0 Å². The van der Waals surface area contributed by atoms with E-state index in [-0.39, 0.29) is 11.6 Å². The molecular formula is C17H19FN2O. The lowest BCUT2D eigenvalue weighted by molar-refractivity contribution is 0.102. The summed E-state index contributed by atoms with van der Waals surface area (Å²) in [6.07, 6.45) is 0. The molecule has 0 atom stereocenters. The van der Waals surface area contributed by atoms with Gasteiger partial charge < -0.3 is 10.6 Å². The van der Waals surface area contributed by atoms with Crippen molar-refractivity contribution in [1.29, 1.82) is 0 Å². The summed E-state index contributed by atoms with van der Waals surface area (Å²) >= 11 is 0. The Morgan fingerprint density at radius 1 is 1.05 bits per heavy atom. The topological polar surface area (TPSA) is 41.1 Å². The minimum absolute atomic E-state index is 0.189. The summed E-state index contributed by atoms with van der Waals surface area (Å²) in [4.78, 5) is 12.3. The highest BCUT2D eigenvalue weighted by Gasteiger charge is 2.13. The molecule has 0 aromatic heterocycles. The van der Waals surface area contributed by atoms with E-state index in [9.17, 15) is 9.18 Å². The number of hydrogen-bond donors (Lipinski definition) is 2. The van der Waals surface area contributed by atoms with Crippen LogP contribution in [0.15, 0.2) is 36.4 Å². The summed E-state index contributed by atoms with van der Waals surface area (Å²) in [5.74, 6) is -0.755. The first-order chi connectivity index (χ1) is 10.0. The van der Waals surface area contributed by atoms with Gasteiger partial charge in [-0.1, -0.05) is 12.1 Å². The number of nitrogens with one attached hydrogen (secondary N) is 2. The zero-order valence-electron chi connectivity index (χ0n) is 12.5. The fourth-order valence-corrected chi connectivity index (χ4v) is 2.10. The SMILES string of the molecule is CCNc1cc(C)ccc1C(=O)Nc1ccc(C)cc1F. The standard InChI is InChI=1S/C17H19FN2O/c1-4-19-16-10-12(3)5-7-13(16)17(21)20-15-8-6-11(2)9-14(15)18/h5-10,19H,4H2,1-3H3,(H,20,21). The Bertz CT molecular complexity index is 668. The molecule has 0 saturated heterocycles. The molecule has 4 heteroatoms. The molecule has 0 aliphatic rings. The van der Waals surface area contributed by atoms with E-state index in [1.54, 1.807) is 25.1 Å². The van der Waals surface area contributed by atoms with Gasteiger partial charge in [-0.25, -0.2) is 4.39 Å². The van der Waals surface area contributed by atoms with Gasteiger partial charge in [0.05, 0.1) is 11.3 Å². The number of carbonyl (C=O) groups is 1. The average Bonchev–Trinajstić information content (AvgIpc) is 2.42. The molecule has 0 unspecified atom stereocenters. The van der Waals surface area contributed by atoms with Gasteiger partial charge in [0.2, 0.25) is 0 Å². The summed E-state index contributed by atoms with van der Waals surface area (Å²) in [5, 5.41) is 5.77. The second-order valence-corrected chi connectivity index (χ2v) is 5.02. The molecule has 0 fully saturated rings. The third-order valence-electron chi connectivity index (χ3n) is 3.16. The number of benzene rings is 2. The van der Waals surface area contributed by atoms with Crippen LogP contribution in [0.5, 0.6) is 0 Å². The Balaban J connectivity index is 2.28. The van der Waals surface area contributed by atoms with Gasteiger partial charge in [-0.15, -0.1) is 0 Å². The van der Waals surface area contributed by atoms with Crippen molar-refractivity contribution < 1.29 is 9.18 Å². The Morgan fingerprint density at radius 3 is 2.38 bits per heavy atom. The molecule has 2 rings (SSSR count). The number of amides is 1. The van der Waals surface area contributed by atoms with Crippen molar-refractivity contribution in [2.24, 2.45) is 0 Å². The Morgan fingerprint density at radius 2 is 1.71 bits per heavy atom. The number of carbonyl (C=O) groups excluding carboxylic acids is 1. The van der Waals surface area contributed by atoms with Crippen LogP contribution >= 0.6 is 0 Å². The second kappa shape index (κ2) is 6.39. The largest absolute Gasteiger partial charge is 0.385 e. The third-order valence-corrected chi connectivity index (χ3v) is 3.16. The van der Waals surface area contributed by atoms with E-state index in [1.165, 1.54) is 6.07 Å². The highest BCUT2D eigenvalue weighted by Crippen LogP contribution is 2.21. The molecule has 0 saturated carbocycles. The lowest BCUT2D eigenvalue weighted by atomic mass is 10.1. The first-order valence-corrected chi connectivity index (χ1v) is 6.93. The number of rotatable bonds is 4. The molecular weight excluding hydrogens is 267 g/mol. The fourth-order valence-electron chi connectivity index (χ4n) is 2.10. The molecule has 0 bridgehead atoms. The number of anilines is 2. The minimum atomic E-state index is -0.430. The van der Waals surface area contributed by atoms with Gasteiger partial charge in [-0.3, -0.25) is 4.79 Å². The number of hydrogen-bond acceptors (Lipinski definition) is 2. The van der Waals surface area contributed by atoms with E-state index < -0.39 is 5.82 Å². The second-order valence-electron chi connectivity index (χ2n) is 5.02. The molecule has 2 aromatic rings. The number of aryl methyl sites for hydroxylation is 2. The summed E-state index contributed by atoms with van der Waals surface area (Å²) in [6, 6.07) is 10.2. The lowest BCUT2D eigenvalue weighted by Crippen LogP contribution is -2.15. The molecule has 110 valence electrons. The van der Waals surface area contributed by atoms with Crippen LogP contribution in [0.25, 0.3) is 0 Å². The average molecular weight is 286 g/mol. The van der Waals surface area contributed by atoms with Crippen LogP contribution in [0.1, 0.15) is 28.4 Å². The normalized spacial score (nSPS) is 10.3. The molecule has 0 radical (unpaired) electrons. The van der Waals surface area contributed by atoms with Gasteiger partial charge >= 0.3 is 0 Å². The van der Waals surface area contributed by atoms with E-state index >= 15 is 0 Å². The summed E-state index contributed by atoms with van der Waals surface area (Å²) in [6.45, 7) is 6.44. The van der Waals surface area contributed by atoms with Crippen LogP contribution < -0.4 is 10.6 Å². The van der Waals surface area contributed by atoms with Gasteiger partial charge in [0.1, 0.15) is 5.82 Å². The maximum absolute atomic E-state index is 13.8. The predicted octanol–water partition coefficient (Wildman–Crippen LogP) is 4.13. The van der Waals surface area contributed by atoms with Crippen LogP contribution in [-0.2, 0) is 0 Å². The maximum atomic E-state index is 13.8. The quantitative estimate of drug-likeness (QED) is 0.887. The maximum Gasteiger partial charge on any atom is 0.257 e. The Hall–Kier alpha value is -2.36. The van der Waals surface area contributed by atoms with Crippen molar-refractivity contribution in [3.63, 3.8) is 0 Å². The van der Waals surface area contributed by atoms with Crippen molar-refractivity contribution >= 4 is 17.3 Å². The van der Waals surface area contributed by atoms with Crippen LogP contribution in [0.2, 0.25) is 0 Å². The van der Waals surface area contributed by atoms with Gasteiger partial charge in [0.15, 0.2) is 0 Å². The van der Waals surface area contributed by atoms with Gasteiger partial charge in [0.25, 0.3) is 5.91 Å². The first kappa shape index (κ1) is 15.0. The highest BCUT2D eigenvalue weighted by molar-refractivity contribution is 6.08. The monoisotopic (exact) mass is 286 g/mol. The van der Waals surface area contributed by atoms with Crippen molar-refractivity contribution in [3.05, 3.63) is 58.9 Å². The van der Waals surface area contributed by atoms with Gasteiger partial charge in [-0.2, -0.15) is 0 Å². The summed E-state index contributed by atoms with van der Waals surface area (Å²) in [5.41, 5.74) is 3.32. The van der Waals surface area contributed by atoms with Crippen molar-refractivity contribution in [2.75, 3.05) is 17.2 Å². The molecule has 2 aromatic carbocycles. The molecule has 0 aliphatic carbocycles. The zero-order valence-corrected chi connectivity index (χ0v) is 12.5. The summed E-state index contributed by atoms with van der Waals surface area (Å²) in [7, 11) is 0. The zero-order chi connectivity index (χ0) is 15.4. The van der Waals surface area contributed by atoms with E-state index in [2.05, 4.69) is 10.6 Å². The Kier molecular flexibility index (Phi) is 4.58. The van der Waals surface area contributed by atoms with Crippen LogP contribution in [0.3, 0.4) is 0 Å². The van der Waals surface area contributed by atoms with Gasteiger partial charge in [0, 0.05) is 12.2 Å². The number of halogens is 1. The smallest absolute Gasteiger partial charge is 0.257 e. The van der Waals surface area contributed by atoms with E-state index in [0.717, 1.165) is 16.8 Å². The molecule has 21 heavy (non-hydrogen) atoms. The molecule has 0 spiro atoms. The Labute approximate surface area is 124 Å². The lowest BCUT2D eigenvalue weighted by Gasteiger charge is -2.12. The van der Waals surface area contributed by atoms with Crippen molar-refractivity contribution in [1.82, 2.24) is 0 Å². The first-order valence-electron chi connectivity index (χ1n) is 6.93. The van der Waals surface area contributed by atoms with Crippen LogP contribution in [0, 0.1) is 19.7 Å². The van der Waals surface area contributed by atoms with Crippen molar-refractivity contribution in [3.8, 4) is 0 Å².